The summed E-state index contributed by atoms with van der Waals surface area (Å²) in [5.41, 5.74) is 5.78. The van der Waals surface area contributed by atoms with E-state index in [9.17, 15) is 4.79 Å². The third kappa shape index (κ3) is 3.19. The van der Waals surface area contributed by atoms with Gasteiger partial charge in [0, 0.05) is 13.1 Å². The van der Waals surface area contributed by atoms with Gasteiger partial charge in [-0.25, -0.2) is 0 Å². The summed E-state index contributed by atoms with van der Waals surface area (Å²) in [5, 5.41) is 0. The van der Waals surface area contributed by atoms with Crippen molar-refractivity contribution in [3.63, 3.8) is 0 Å². The van der Waals surface area contributed by atoms with Gasteiger partial charge in [-0.05, 0) is 31.3 Å². The molecule has 76 valence electrons. The fourth-order valence-corrected chi connectivity index (χ4v) is 2.03. The highest BCUT2D eigenvalue weighted by molar-refractivity contribution is 7.98. The zero-order valence-corrected chi connectivity index (χ0v) is 8.98. The monoisotopic (exact) mass is 202 g/mol. The van der Waals surface area contributed by atoms with Crippen molar-refractivity contribution in [2.75, 3.05) is 25.1 Å². The first-order valence-electron chi connectivity index (χ1n) is 4.79. The number of rotatable bonds is 4. The molecule has 1 aliphatic rings. The molecule has 0 radical (unpaired) electrons. The summed E-state index contributed by atoms with van der Waals surface area (Å²) in [6, 6.07) is -0.273. The quantitative estimate of drug-likeness (QED) is 0.729. The zero-order valence-electron chi connectivity index (χ0n) is 8.16. The zero-order chi connectivity index (χ0) is 9.68. The van der Waals surface area contributed by atoms with Crippen LogP contribution in [-0.4, -0.2) is 41.9 Å². The standard InChI is InChI=1S/C9H18N2OS/c1-13-7-4-8(10)9(12)11-5-2-3-6-11/h8H,2-7,10H2,1H3/t8-/m0/s1. The van der Waals surface area contributed by atoms with Gasteiger partial charge < -0.3 is 10.6 Å². The molecule has 2 N–H and O–H groups in total. The number of hydrogen-bond donors (Lipinski definition) is 1. The van der Waals surface area contributed by atoms with Gasteiger partial charge in [0.2, 0.25) is 5.91 Å². The molecule has 1 amide bonds. The van der Waals surface area contributed by atoms with Crippen LogP contribution >= 0.6 is 11.8 Å². The fourth-order valence-electron chi connectivity index (χ4n) is 1.54. The molecule has 0 bridgehead atoms. The molecule has 0 spiro atoms. The second kappa shape index (κ2) is 5.50. The van der Waals surface area contributed by atoms with E-state index in [1.165, 1.54) is 0 Å². The summed E-state index contributed by atoms with van der Waals surface area (Å²) in [4.78, 5) is 13.5. The van der Waals surface area contributed by atoms with Crippen molar-refractivity contribution >= 4 is 17.7 Å². The first-order valence-corrected chi connectivity index (χ1v) is 6.18. The lowest BCUT2D eigenvalue weighted by molar-refractivity contribution is -0.131. The lowest BCUT2D eigenvalue weighted by Crippen LogP contribution is -2.42. The average Bonchev–Trinajstić information content (AvgIpc) is 2.65. The smallest absolute Gasteiger partial charge is 0.239 e. The Labute approximate surface area is 84.0 Å². The van der Waals surface area contributed by atoms with E-state index in [1.54, 1.807) is 11.8 Å². The molecule has 0 aromatic rings. The Morgan fingerprint density at radius 1 is 1.54 bits per heavy atom. The minimum absolute atomic E-state index is 0.145. The highest BCUT2D eigenvalue weighted by atomic mass is 32.2. The van der Waals surface area contributed by atoms with Crippen LogP contribution in [0.2, 0.25) is 0 Å². The van der Waals surface area contributed by atoms with Crippen LogP contribution in [0.3, 0.4) is 0 Å². The predicted octanol–water partition coefficient (Wildman–Crippen LogP) is 0.689. The topological polar surface area (TPSA) is 46.3 Å². The van der Waals surface area contributed by atoms with Gasteiger partial charge in [0.15, 0.2) is 0 Å². The van der Waals surface area contributed by atoms with E-state index >= 15 is 0 Å². The van der Waals surface area contributed by atoms with Crippen molar-refractivity contribution in [1.82, 2.24) is 4.90 Å². The van der Waals surface area contributed by atoms with Crippen LogP contribution in [0.15, 0.2) is 0 Å². The van der Waals surface area contributed by atoms with Crippen LogP contribution < -0.4 is 5.73 Å². The van der Waals surface area contributed by atoms with Crippen molar-refractivity contribution in [2.24, 2.45) is 5.73 Å². The molecule has 1 heterocycles. The molecule has 13 heavy (non-hydrogen) atoms. The molecule has 1 rings (SSSR count). The number of nitrogens with zero attached hydrogens (tertiary/aromatic N) is 1. The largest absolute Gasteiger partial charge is 0.341 e. The van der Waals surface area contributed by atoms with E-state index in [2.05, 4.69) is 0 Å². The van der Waals surface area contributed by atoms with Crippen molar-refractivity contribution < 1.29 is 4.79 Å². The molecule has 3 nitrogen and oxygen atoms in total. The van der Waals surface area contributed by atoms with Gasteiger partial charge in [0.25, 0.3) is 0 Å². The van der Waals surface area contributed by atoms with Crippen LogP contribution in [0.1, 0.15) is 19.3 Å². The molecular formula is C9H18N2OS. The maximum Gasteiger partial charge on any atom is 0.239 e. The van der Waals surface area contributed by atoms with Crippen LogP contribution in [0.25, 0.3) is 0 Å². The van der Waals surface area contributed by atoms with Gasteiger partial charge >= 0.3 is 0 Å². The van der Waals surface area contributed by atoms with Crippen molar-refractivity contribution in [3.05, 3.63) is 0 Å². The first-order chi connectivity index (χ1) is 6.25. The summed E-state index contributed by atoms with van der Waals surface area (Å²) in [7, 11) is 0. The molecule has 0 aromatic heterocycles. The Hall–Kier alpha value is -0.220. The van der Waals surface area contributed by atoms with Crippen LogP contribution in [0.5, 0.6) is 0 Å². The van der Waals surface area contributed by atoms with E-state index in [4.69, 9.17) is 5.73 Å². The van der Waals surface area contributed by atoms with Crippen LogP contribution in [0.4, 0.5) is 0 Å². The number of nitrogens with two attached hydrogens (primary N) is 1. The van der Waals surface area contributed by atoms with E-state index in [0.29, 0.717) is 0 Å². The first kappa shape index (κ1) is 10.9. The van der Waals surface area contributed by atoms with Gasteiger partial charge in [-0.2, -0.15) is 11.8 Å². The van der Waals surface area contributed by atoms with Crippen molar-refractivity contribution in [2.45, 2.75) is 25.3 Å². The summed E-state index contributed by atoms with van der Waals surface area (Å²) in [5.74, 6) is 1.12. The predicted molar refractivity (Wildman–Crippen MR) is 56.8 cm³/mol. The highest BCUT2D eigenvalue weighted by Crippen LogP contribution is 2.10. The Morgan fingerprint density at radius 3 is 2.69 bits per heavy atom. The molecule has 0 saturated carbocycles. The Balaban J connectivity index is 2.28. The molecule has 1 atom stereocenters. The Morgan fingerprint density at radius 2 is 2.15 bits per heavy atom. The third-order valence-electron chi connectivity index (χ3n) is 2.37. The molecule has 1 aliphatic heterocycles. The van der Waals surface area contributed by atoms with E-state index in [-0.39, 0.29) is 11.9 Å². The lowest BCUT2D eigenvalue weighted by Gasteiger charge is -2.19. The minimum atomic E-state index is -0.273. The SMILES string of the molecule is CSCC[C@H](N)C(=O)N1CCCC1. The molecule has 4 heteroatoms. The van der Waals surface area contributed by atoms with Gasteiger partial charge in [-0.15, -0.1) is 0 Å². The summed E-state index contributed by atoms with van der Waals surface area (Å²) < 4.78 is 0. The molecule has 0 aromatic carbocycles. The normalized spacial score (nSPS) is 19.1. The number of hydrogen-bond acceptors (Lipinski definition) is 3. The summed E-state index contributed by atoms with van der Waals surface area (Å²) >= 11 is 1.74. The highest BCUT2D eigenvalue weighted by Gasteiger charge is 2.22. The van der Waals surface area contributed by atoms with E-state index < -0.39 is 0 Å². The molecular weight excluding hydrogens is 184 g/mol. The minimum Gasteiger partial charge on any atom is -0.341 e. The van der Waals surface area contributed by atoms with Crippen LogP contribution in [-0.2, 0) is 4.79 Å². The fraction of sp³-hybridized carbons (Fsp3) is 0.889. The number of carbonyl (C=O) groups excluding carboxylic acids is 1. The molecule has 0 aliphatic carbocycles. The third-order valence-corrected chi connectivity index (χ3v) is 3.01. The molecule has 1 saturated heterocycles. The van der Waals surface area contributed by atoms with Gasteiger partial charge in [0.05, 0.1) is 6.04 Å². The average molecular weight is 202 g/mol. The number of likely N-dealkylation sites (tertiary alicyclic amines) is 1. The second-order valence-electron chi connectivity index (χ2n) is 3.42. The second-order valence-corrected chi connectivity index (χ2v) is 4.41. The van der Waals surface area contributed by atoms with Crippen molar-refractivity contribution in [3.8, 4) is 0 Å². The molecule has 1 fully saturated rings. The summed E-state index contributed by atoms with van der Waals surface area (Å²) in [6.07, 6.45) is 5.12. The number of carbonyl (C=O) groups is 1. The maximum absolute atomic E-state index is 11.6. The van der Waals surface area contributed by atoms with Crippen LogP contribution in [0, 0.1) is 0 Å². The van der Waals surface area contributed by atoms with Gasteiger partial charge in [0.1, 0.15) is 0 Å². The van der Waals surface area contributed by atoms with Gasteiger partial charge in [-0.3, -0.25) is 4.79 Å². The number of amides is 1. The lowest BCUT2D eigenvalue weighted by atomic mass is 10.2. The van der Waals surface area contributed by atoms with E-state index in [1.807, 2.05) is 11.2 Å². The number of thioether (sulfide) groups is 1. The molecule has 0 unspecified atom stereocenters. The summed E-state index contributed by atoms with van der Waals surface area (Å²) in [6.45, 7) is 1.82. The van der Waals surface area contributed by atoms with E-state index in [0.717, 1.165) is 38.1 Å². The Bertz CT molecular complexity index is 169. The maximum atomic E-state index is 11.6. The Kier molecular flexibility index (Phi) is 4.59. The van der Waals surface area contributed by atoms with Gasteiger partial charge in [-0.1, -0.05) is 0 Å². The van der Waals surface area contributed by atoms with Crippen molar-refractivity contribution in [1.29, 1.82) is 0 Å².